The minimum atomic E-state index is -0.253. The van der Waals surface area contributed by atoms with E-state index in [-0.39, 0.29) is 5.82 Å². The van der Waals surface area contributed by atoms with Crippen LogP contribution in [0.3, 0.4) is 0 Å². The van der Waals surface area contributed by atoms with E-state index in [1.165, 1.54) is 12.1 Å². The number of aromatic nitrogens is 2. The van der Waals surface area contributed by atoms with Crippen molar-refractivity contribution in [2.75, 3.05) is 12.4 Å². The van der Waals surface area contributed by atoms with E-state index in [0.29, 0.717) is 5.82 Å². The van der Waals surface area contributed by atoms with E-state index in [2.05, 4.69) is 15.3 Å². The fraction of sp³-hybridized carbons (Fsp3) is 0.231. The Morgan fingerprint density at radius 2 is 1.59 bits per heavy atom. The molecule has 2 aromatic rings. The van der Waals surface area contributed by atoms with E-state index in [1.807, 2.05) is 13.8 Å². The summed E-state index contributed by atoms with van der Waals surface area (Å²) in [6.45, 7) is 3.83. The van der Waals surface area contributed by atoms with Crippen molar-refractivity contribution in [3.63, 3.8) is 0 Å². The lowest BCUT2D eigenvalue weighted by atomic mass is 10.1. The summed E-state index contributed by atoms with van der Waals surface area (Å²) in [4.78, 5) is 8.92. The molecular formula is C13H14FN3. The minimum absolute atomic E-state index is 0.253. The molecule has 0 bridgehead atoms. The second kappa shape index (κ2) is 4.49. The molecule has 1 N–H and O–H groups in total. The Balaban J connectivity index is 2.57. The first-order valence-corrected chi connectivity index (χ1v) is 5.40. The molecule has 0 radical (unpaired) electrons. The Bertz CT molecular complexity index is 535. The van der Waals surface area contributed by atoms with E-state index in [4.69, 9.17) is 0 Å². The molecule has 1 aromatic heterocycles. The Hall–Kier alpha value is -1.97. The van der Waals surface area contributed by atoms with Crippen LogP contribution in [0.25, 0.3) is 11.3 Å². The van der Waals surface area contributed by atoms with Crippen LogP contribution in [-0.2, 0) is 0 Å². The van der Waals surface area contributed by atoms with Gasteiger partial charge in [-0.1, -0.05) is 0 Å². The van der Waals surface area contributed by atoms with Crippen molar-refractivity contribution in [3.8, 4) is 11.3 Å². The van der Waals surface area contributed by atoms with Gasteiger partial charge < -0.3 is 5.32 Å². The smallest absolute Gasteiger partial charge is 0.152 e. The van der Waals surface area contributed by atoms with Crippen molar-refractivity contribution < 1.29 is 4.39 Å². The number of benzene rings is 1. The zero-order valence-corrected chi connectivity index (χ0v) is 10.1. The lowest BCUT2D eigenvalue weighted by Gasteiger charge is -2.10. The molecule has 0 amide bonds. The van der Waals surface area contributed by atoms with E-state index >= 15 is 0 Å². The quantitative estimate of drug-likeness (QED) is 0.863. The van der Waals surface area contributed by atoms with Crippen LogP contribution in [0.5, 0.6) is 0 Å². The maximum absolute atomic E-state index is 12.9. The van der Waals surface area contributed by atoms with Gasteiger partial charge >= 0.3 is 0 Å². The molecule has 0 atom stereocenters. The second-order valence-electron chi connectivity index (χ2n) is 3.85. The maximum Gasteiger partial charge on any atom is 0.152 e. The Labute approximate surface area is 99.7 Å². The van der Waals surface area contributed by atoms with Crippen molar-refractivity contribution in [1.82, 2.24) is 9.97 Å². The van der Waals surface area contributed by atoms with Gasteiger partial charge in [0.15, 0.2) is 5.82 Å². The van der Waals surface area contributed by atoms with E-state index < -0.39 is 0 Å². The summed E-state index contributed by atoms with van der Waals surface area (Å²) in [6, 6.07) is 6.25. The van der Waals surface area contributed by atoms with Gasteiger partial charge in [0.1, 0.15) is 11.5 Å². The van der Waals surface area contributed by atoms with Gasteiger partial charge in [-0.05, 0) is 38.1 Å². The number of aryl methyl sites for hydroxylation is 2. The zero-order chi connectivity index (χ0) is 12.4. The standard InChI is InChI=1S/C13H14FN3/c1-8-9(2)17-13(15-3)12(16-8)10-4-6-11(14)7-5-10/h4-7H,1-3H3,(H,15,17). The van der Waals surface area contributed by atoms with Crippen LogP contribution >= 0.6 is 0 Å². The molecular weight excluding hydrogens is 217 g/mol. The van der Waals surface area contributed by atoms with Crippen molar-refractivity contribution in [3.05, 3.63) is 41.5 Å². The highest BCUT2D eigenvalue weighted by atomic mass is 19.1. The van der Waals surface area contributed by atoms with Crippen LogP contribution in [0.4, 0.5) is 10.2 Å². The number of hydrogen-bond acceptors (Lipinski definition) is 3. The van der Waals surface area contributed by atoms with Crippen LogP contribution in [0, 0.1) is 19.7 Å². The van der Waals surface area contributed by atoms with Gasteiger partial charge in [-0.15, -0.1) is 0 Å². The molecule has 1 aromatic carbocycles. The predicted molar refractivity (Wildman–Crippen MR) is 66.4 cm³/mol. The van der Waals surface area contributed by atoms with Gasteiger partial charge in [0.05, 0.1) is 11.4 Å². The third-order valence-corrected chi connectivity index (χ3v) is 2.66. The van der Waals surface area contributed by atoms with Crippen molar-refractivity contribution in [2.24, 2.45) is 0 Å². The maximum atomic E-state index is 12.9. The molecule has 0 aliphatic carbocycles. The van der Waals surface area contributed by atoms with Crippen LogP contribution < -0.4 is 5.32 Å². The fourth-order valence-electron chi connectivity index (χ4n) is 1.59. The molecule has 0 aliphatic heterocycles. The molecule has 0 spiro atoms. The monoisotopic (exact) mass is 231 g/mol. The molecule has 0 unspecified atom stereocenters. The lowest BCUT2D eigenvalue weighted by Crippen LogP contribution is -2.02. The van der Waals surface area contributed by atoms with Crippen LogP contribution in [0.2, 0.25) is 0 Å². The highest BCUT2D eigenvalue weighted by Crippen LogP contribution is 2.25. The Kier molecular flexibility index (Phi) is 3.04. The third kappa shape index (κ3) is 2.25. The van der Waals surface area contributed by atoms with Gasteiger partial charge in [-0.3, -0.25) is 0 Å². The van der Waals surface area contributed by atoms with Crippen LogP contribution in [-0.4, -0.2) is 17.0 Å². The fourth-order valence-corrected chi connectivity index (χ4v) is 1.59. The Morgan fingerprint density at radius 3 is 2.18 bits per heavy atom. The molecule has 17 heavy (non-hydrogen) atoms. The molecule has 2 rings (SSSR count). The van der Waals surface area contributed by atoms with Crippen molar-refractivity contribution in [1.29, 1.82) is 0 Å². The van der Waals surface area contributed by atoms with E-state index in [9.17, 15) is 4.39 Å². The third-order valence-electron chi connectivity index (χ3n) is 2.66. The molecule has 3 nitrogen and oxygen atoms in total. The van der Waals surface area contributed by atoms with Crippen molar-refractivity contribution in [2.45, 2.75) is 13.8 Å². The highest BCUT2D eigenvalue weighted by molar-refractivity contribution is 5.71. The first kappa shape index (κ1) is 11.5. The summed E-state index contributed by atoms with van der Waals surface area (Å²) in [7, 11) is 1.80. The molecule has 0 saturated heterocycles. The second-order valence-corrected chi connectivity index (χ2v) is 3.85. The van der Waals surface area contributed by atoms with Gasteiger partial charge in [0.2, 0.25) is 0 Å². The molecule has 4 heteroatoms. The number of nitrogens with one attached hydrogen (secondary N) is 1. The Morgan fingerprint density at radius 1 is 1.00 bits per heavy atom. The normalized spacial score (nSPS) is 10.4. The molecule has 88 valence electrons. The summed E-state index contributed by atoms with van der Waals surface area (Å²) >= 11 is 0. The summed E-state index contributed by atoms with van der Waals surface area (Å²) in [5.41, 5.74) is 3.37. The number of rotatable bonds is 2. The summed E-state index contributed by atoms with van der Waals surface area (Å²) in [6.07, 6.45) is 0. The summed E-state index contributed by atoms with van der Waals surface area (Å²) < 4.78 is 12.9. The van der Waals surface area contributed by atoms with Gasteiger partial charge in [0, 0.05) is 12.6 Å². The number of nitrogens with zero attached hydrogens (tertiary/aromatic N) is 2. The minimum Gasteiger partial charge on any atom is -0.371 e. The average Bonchev–Trinajstić information content (AvgIpc) is 2.33. The largest absolute Gasteiger partial charge is 0.371 e. The molecule has 0 fully saturated rings. The number of hydrogen-bond donors (Lipinski definition) is 1. The predicted octanol–water partition coefficient (Wildman–Crippen LogP) is 2.94. The van der Waals surface area contributed by atoms with Crippen molar-refractivity contribution >= 4 is 5.82 Å². The van der Waals surface area contributed by atoms with Gasteiger partial charge in [-0.2, -0.15) is 0 Å². The molecule has 0 aliphatic rings. The zero-order valence-electron chi connectivity index (χ0n) is 10.1. The summed E-state index contributed by atoms with van der Waals surface area (Å²) in [5, 5.41) is 3.01. The highest BCUT2D eigenvalue weighted by Gasteiger charge is 2.09. The lowest BCUT2D eigenvalue weighted by molar-refractivity contribution is 0.628. The van der Waals surface area contributed by atoms with Gasteiger partial charge in [0.25, 0.3) is 0 Å². The average molecular weight is 231 g/mol. The number of halogens is 1. The first-order valence-electron chi connectivity index (χ1n) is 5.40. The molecule has 0 saturated carbocycles. The first-order chi connectivity index (χ1) is 8.11. The van der Waals surface area contributed by atoms with E-state index in [1.54, 1.807) is 19.2 Å². The summed E-state index contributed by atoms with van der Waals surface area (Å²) in [5.74, 6) is 0.455. The molecule has 1 heterocycles. The van der Waals surface area contributed by atoms with Crippen LogP contribution in [0.15, 0.2) is 24.3 Å². The van der Waals surface area contributed by atoms with Crippen LogP contribution in [0.1, 0.15) is 11.4 Å². The van der Waals surface area contributed by atoms with Gasteiger partial charge in [-0.25, -0.2) is 14.4 Å². The SMILES string of the molecule is CNc1nc(C)c(C)nc1-c1ccc(F)cc1. The number of anilines is 1. The van der Waals surface area contributed by atoms with E-state index in [0.717, 1.165) is 22.6 Å². The topological polar surface area (TPSA) is 37.8 Å².